The van der Waals surface area contributed by atoms with Crippen molar-refractivity contribution in [3.05, 3.63) is 24.0 Å². The molecule has 0 saturated heterocycles. The molecule has 3 N–H and O–H groups in total. The van der Waals surface area contributed by atoms with Crippen molar-refractivity contribution in [2.45, 2.75) is 12.8 Å². The number of nitrogens with one attached hydrogen (secondary N) is 1. The Balaban J connectivity index is 1.75. The van der Waals surface area contributed by atoms with Crippen molar-refractivity contribution in [1.82, 2.24) is 5.32 Å². The molecule has 92 valence electrons. The summed E-state index contributed by atoms with van der Waals surface area (Å²) in [6.07, 6.45) is 2.37. The molecule has 2 rings (SSSR count). The van der Waals surface area contributed by atoms with Crippen molar-refractivity contribution in [3.8, 4) is 5.75 Å². The second-order valence-corrected chi connectivity index (χ2v) is 4.22. The van der Waals surface area contributed by atoms with Gasteiger partial charge < -0.3 is 15.8 Å². The van der Waals surface area contributed by atoms with E-state index in [9.17, 15) is 9.18 Å². The summed E-state index contributed by atoms with van der Waals surface area (Å²) in [6.45, 7) is 0.606. The van der Waals surface area contributed by atoms with Gasteiger partial charge in [-0.2, -0.15) is 0 Å². The van der Waals surface area contributed by atoms with Crippen LogP contribution in [-0.4, -0.2) is 19.1 Å². The van der Waals surface area contributed by atoms with Gasteiger partial charge in [0.1, 0.15) is 11.6 Å². The van der Waals surface area contributed by atoms with Crippen molar-refractivity contribution in [2.24, 2.45) is 5.92 Å². The summed E-state index contributed by atoms with van der Waals surface area (Å²) in [4.78, 5) is 11.3. The van der Waals surface area contributed by atoms with Gasteiger partial charge in [0.25, 0.3) is 5.91 Å². The Morgan fingerprint density at radius 2 is 2.29 bits per heavy atom. The standard InChI is InChI=1S/C12H15FN2O2/c13-10-5-9(3-4-11(10)14)17-7-12(16)15-6-8-1-2-8/h3-5,8H,1-2,6-7,14H2,(H,15,16). The van der Waals surface area contributed by atoms with Crippen molar-refractivity contribution in [1.29, 1.82) is 0 Å². The number of carbonyl (C=O) groups excluding carboxylic acids is 1. The summed E-state index contributed by atoms with van der Waals surface area (Å²) < 4.78 is 18.2. The first-order chi connectivity index (χ1) is 8.15. The van der Waals surface area contributed by atoms with Crippen LogP contribution in [0, 0.1) is 11.7 Å². The summed E-state index contributed by atoms with van der Waals surface area (Å²) in [5, 5.41) is 2.76. The van der Waals surface area contributed by atoms with Crippen molar-refractivity contribution >= 4 is 11.6 Å². The van der Waals surface area contributed by atoms with Crippen molar-refractivity contribution in [2.75, 3.05) is 18.9 Å². The Bertz CT molecular complexity index is 419. The molecule has 1 aliphatic rings. The van der Waals surface area contributed by atoms with Crippen LogP contribution >= 0.6 is 0 Å². The zero-order valence-corrected chi connectivity index (χ0v) is 9.41. The molecule has 4 nitrogen and oxygen atoms in total. The number of halogens is 1. The topological polar surface area (TPSA) is 64.3 Å². The summed E-state index contributed by atoms with van der Waals surface area (Å²) in [5.74, 6) is 0.209. The van der Waals surface area contributed by atoms with Gasteiger partial charge in [-0.1, -0.05) is 0 Å². The third kappa shape index (κ3) is 3.62. The van der Waals surface area contributed by atoms with Gasteiger partial charge in [-0.3, -0.25) is 4.79 Å². The maximum absolute atomic E-state index is 13.1. The molecule has 1 amide bonds. The summed E-state index contributed by atoms with van der Waals surface area (Å²) in [5.41, 5.74) is 5.39. The number of amides is 1. The van der Waals surface area contributed by atoms with Crippen molar-refractivity contribution < 1.29 is 13.9 Å². The Kier molecular flexibility index (Phi) is 3.46. The van der Waals surface area contributed by atoms with E-state index in [4.69, 9.17) is 10.5 Å². The maximum atomic E-state index is 13.1. The van der Waals surface area contributed by atoms with E-state index in [1.807, 2.05) is 0 Å². The first kappa shape index (κ1) is 11.7. The molecule has 5 heteroatoms. The zero-order chi connectivity index (χ0) is 12.3. The van der Waals surface area contributed by atoms with Crippen LogP contribution in [0.5, 0.6) is 5.75 Å². The van der Waals surface area contributed by atoms with E-state index in [-0.39, 0.29) is 18.2 Å². The predicted molar refractivity (Wildman–Crippen MR) is 62.0 cm³/mol. The number of nitrogens with two attached hydrogens (primary N) is 1. The fourth-order valence-corrected chi connectivity index (χ4v) is 1.38. The zero-order valence-electron chi connectivity index (χ0n) is 9.41. The molecule has 0 unspecified atom stereocenters. The first-order valence-electron chi connectivity index (χ1n) is 5.59. The second-order valence-electron chi connectivity index (χ2n) is 4.22. The Labute approximate surface area is 98.9 Å². The monoisotopic (exact) mass is 238 g/mol. The third-order valence-corrected chi connectivity index (χ3v) is 2.63. The maximum Gasteiger partial charge on any atom is 0.257 e. The SMILES string of the molecule is Nc1ccc(OCC(=O)NCC2CC2)cc1F. The number of carbonyl (C=O) groups is 1. The van der Waals surface area contributed by atoms with Gasteiger partial charge >= 0.3 is 0 Å². The molecule has 1 fully saturated rings. The Hall–Kier alpha value is -1.78. The van der Waals surface area contributed by atoms with Crippen LogP contribution in [0.1, 0.15) is 12.8 Å². The van der Waals surface area contributed by atoms with Crippen LogP contribution in [0.3, 0.4) is 0 Å². The van der Waals surface area contributed by atoms with E-state index in [2.05, 4.69) is 5.32 Å². The van der Waals surface area contributed by atoms with Gasteiger partial charge in [-0.15, -0.1) is 0 Å². The molecule has 0 spiro atoms. The van der Waals surface area contributed by atoms with Gasteiger partial charge in [0.05, 0.1) is 5.69 Å². The summed E-state index contributed by atoms with van der Waals surface area (Å²) in [6, 6.07) is 4.11. The molecular formula is C12H15FN2O2. The second kappa shape index (κ2) is 5.03. The van der Waals surface area contributed by atoms with Gasteiger partial charge in [0.15, 0.2) is 6.61 Å². The normalized spacial score (nSPS) is 14.4. The van der Waals surface area contributed by atoms with E-state index < -0.39 is 5.82 Å². The minimum Gasteiger partial charge on any atom is -0.484 e. The fourth-order valence-electron chi connectivity index (χ4n) is 1.38. The van der Waals surface area contributed by atoms with Crippen LogP contribution < -0.4 is 15.8 Å². The molecule has 1 saturated carbocycles. The lowest BCUT2D eigenvalue weighted by Gasteiger charge is -2.07. The Morgan fingerprint density at radius 1 is 1.53 bits per heavy atom. The number of hydrogen-bond donors (Lipinski definition) is 2. The van der Waals surface area contributed by atoms with Gasteiger partial charge in [-0.05, 0) is 30.9 Å². The summed E-state index contributed by atoms with van der Waals surface area (Å²) >= 11 is 0. The number of rotatable bonds is 5. The number of hydrogen-bond acceptors (Lipinski definition) is 3. The minimum absolute atomic E-state index is 0.0653. The molecular weight excluding hydrogens is 223 g/mol. The fraction of sp³-hybridized carbons (Fsp3) is 0.417. The van der Waals surface area contributed by atoms with Crippen LogP contribution in [0.2, 0.25) is 0 Å². The highest BCUT2D eigenvalue weighted by molar-refractivity contribution is 5.77. The number of benzene rings is 1. The molecule has 0 radical (unpaired) electrons. The average molecular weight is 238 g/mol. The highest BCUT2D eigenvalue weighted by Gasteiger charge is 2.21. The van der Waals surface area contributed by atoms with E-state index in [0.29, 0.717) is 18.2 Å². The molecule has 0 bridgehead atoms. The number of ether oxygens (including phenoxy) is 1. The minimum atomic E-state index is -0.541. The Morgan fingerprint density at radius 3 is 2.94 bits per heavy atom. The summed E-state index contributed by atoms with van der Waals surface area (Å²) in [7, 11) is 0. The van der Waals surface area contributed by atoms with E-state index in [0.717, 1.165) is 0 Å². The molecule has 1 aromatic carbocycles. The average Bonchev–Trinajstić information content (AvgIpc) is 3.12. The first-order valence-corrected chi connectivity index (χ1v) is 5.59. The smallest absolute Gasteiger partial charge is 0.257 e. The molecule has 0 aromatic heterocycles. The molecule has 0 atom stereocenters. The van der Waals surface area contributed by atoms with Gasteiger partial charge in [0.2, 0.25) is 0 Å². The van der Waals surface area contributed by atoms with Crippen LogP contribution in [0.25, 0.3) is 0 Å². The van der Waals surface area contributed by atoms with E-state index in [1.165, 1.54) is 31.0 Å². The van der Waals surface area contributed by atoms with Gasteiger partial charge in [0, 0.05) is 12.6 Å². The number of nitrogen functional groups attached to an aromatic ring is 1. The number of anilines is 1. The lowest BCUT2D eigenvalue weighted by molar-refractivity contribution is -0.123. The van der Waals surface area contributed by atoms with Crippen LogP contribution in [0.4, 0.5) is 10.1 Å². The quantitative estimate of drug-likeness (QED) is 0.760. The highest BCUT2D eigenvalue weighted by Crippen LogP contribution is 2.27. The molecule has 1 aliphatic carbocycles. The molecule has 1 aromatic rings. The van der Waals surface area contributed by atoms with Gasteiger partial charge in [-0.25, -0.2) is 4.39 Å². The highest BCUT2D eigenvalue weighted by atomic mass is 19.1. The lowest BCUT2D eigenvalue weighted by Crippen LogP contribution is -2.30. The molecule has 17 heavy (non-hydrogen) atoms. The predicted octanol–water partition coefficient (Wildman–Crippen LogP) is 1.31. The molecule has 0 heterocycles. The van der Waals surface area contributed by atoms with Crippen LogP contribution in [0.15, 0.2) is 18.2 Å². The third-order valence-electron chi connectivity index (χ3n) is 2.63. The molecule has 0 aliphatic heterocycles. The van der Waals surface area contributed by atoms with E-state index >= 15 is 0 Å². The van der Waals surface area contributed by atoms with Crippen molar-refractivity contribution in [3.63, 3.8) is 0 Å². The largest absolute Gasteiger partial charge is 0.484 e. The lowest BCUT2D eigenvalue weighted by atomic mass is 10.3. The van der Waals surface area contributed by atoms with Crippen LogP contribution in [-0.2, 0) is 4.79 Å². The van der Waals surface area contributed by atoms with E-state index in [1.54, 1.807) is 0 Å².